The molecule has 0 bridgehead atoms. The van der Waals surface area contributed by atoms with Crippen LogP contribution in [0.15, 0.2) is 0 Å². The van der Waals surface area contributed by atoms with Crippen molar-refractivity contribution in [2.75, 3.05) is 0 Å². The zero-order valence-corrected chi connectivity index (χ0v) is 17.1. The van der Waals surface area contributed by atoms with E-state index < -0.39 is 0 Å². The second-order valence-corrected chi connectivity index (χ2v) is 9.37. The van der Waals surface area contributed by atoms with Gasteiger partial charge in [-0.25, -0.2) is 0 Å². The van der Waals surface area contributed by atoms with Crippen molar-refractivity contribution in [1.29, 1.82) is 0 Å². The Labute approximate surface area is 137 Å². The van der Waals surface area contributed by atoms with Crippen LogP contribution in [0, 0.1) is 0 Å². The second-order valence-electron chi connectivity index (χ2n) is 5.94. The van der Waals surface area contributed by atoms with Crippen LogP contribution < -0.4 is 0 Å². The van der Waals surface area contributed by atoms with E-state index in [4.69, 9.17) is 2.84 Å². The van der Waals surface area contributed by atoms with Gasteiger partial charge in [0.2, 0.25) is 0 Å². The molecule has 0 aromatic heterocycles. The van der Waals surface area contributed by atoms with Gasteiger partial charge in [-0.05, 0) is 0 Å². The summed E-state index contributed by atoms with van der Waals surface area (Å²) in [6, 6.07) is 0. The van der Waals surface area contributed by atoms with Crippen molar-refractivity contribution >= 4 is 32.2 Å². The van der Waals surface area contributed by atoms with Crippen molar-refractivity contribution in [3.8, 4) is 0 Å². The molecule has 3 heteroatoms. The van der Waals surface area contributed by atoms with Gasteiger partial charge in [-0.1, -0.05) is 102 Å². The highest BCUT2D eigenvalue weighted by molar-refractivity contribution is 6.34. The molecule has 0 aromatic rings. The van der Waals surface area contributed by atoms with Crippen LogP contribution in [0.2, 0.25) is 5.28 Å². The Kier molecular flexibility index (Phi) is 20.1. The third-order valence-electron chi connectivity index (χ3n) is 3.95. The zero-order valence-electron chi connectivity index (χ0n) is 13.7. The highest BCUT2D eigenvalue weighted by Gasteiger charge is 1.95. The molecule has 0 aliphatic carbocycles. The predicted octanol–water partition coefficient (Wildman–Crippen LogP) is 4.80. The minimum atomic E-state index is -0.0783. The largest absolute Gasteiger partial charge is 0.644 e. The third kappa shape index (κ3) is 19.0. The molecule has 0 saturated heterocycles. The fourth-order valence-electron chi connectivity index (χ4n) is 2.62. The van der Waals surface area contributed by atoms with E-state index in [1.54, 1.807) is 0 Å². The minimum absolute atomic E-state index is 0.0783. The van der Waals surface area contributed by atoms with E-state index in [2.05, 4.69) is 6.92 Å². The number of unbranched alkanes of at least 4 members (excludes halogenated alkanes) is 13. The fraction of sp³-hybridized carbons (Fsp3) is 1.00. The van der Waals surface area contributed by atoms with Gasteiger partial charge >= 0.3 is 32.2 Å². The van der Waals surface area contributed by atoms with E-state index in [1.165, 1.54) is 95.2 Å². The number of hydrogen-bond acceptors (Lipinski definition) is 1. The first-order valence-electron chi connectivity index (χ1n) is 8.90. The molecule has 0 rings (SSSR count). The minimum Gasteiger partial charge on any atom is -0.644 e. The Bertz CT molecular complexity index is 138. The maximum absolute atomic E-state index is 5.33. The predicted molar refractivity (Wildman–Crippen MR) is 91.9 cm³/mol. The molecule has 112 valence electrons. The van der Waals surface area contributed by atoms with Gasteiger partial charge in [-0.15, -0.1) is 0 Å². The lowest BCUT2D eigenvalue weighted by Crippen LogP contribution is -1.93. The summed E-state index contributed by atoms with van der Waals surface area (Å²) in [4.78, 5) is 0. The average Bonchev–Trinajstić information content (AvgIpc) is 2.43. The quantitative estimate of drug-likeness (QED) is 0.294. The summed E-state index contributed by atoms with van der Waals surface area (Å²) in [5.41, 5.74) is 0. The van der Waals surface area contributed by atoms with E-state index in [9.17, 15) is 0 Å². The monoisotopic (exact) mass is 298 g/mol. The smallest absolute Gasteiger partial charge is 0.404 e. The van der Waals surface area contributed by atoms with E-state index in [0.29, 0.717) is 0 Å². The normalized spacial score (nSPS) is 10.8. The summed E-state index contributed by atoms with van der Waals surface area (Å²) in [5.74, 6) is 0. The second kappa shape index (κ2) is 19.0. The molecule has 0 N–H and O–H groups in total. The molecule has 0 radical (unpaired) electrons. The van der Waals surface area contributed by atoms with Gasteiger partial charge in [0.05, 0.1) is 0 Å². The standard InChI is InChI=1S/C16H33.2Al.O.3H/c1-3-5-7-9-11-13-15-16-14-12-10-8-6-4-2;;;;;;/h1,3-16H2,2H3;;;;;;. The lowest BCUT2D eigenvalue weighted by Gasteiger charge is -2.03. The zero-order chi connectivity index (χ0) is 14.0. The number of rotatable bonds is 16. The Morgan fingerprint density at radius 3 is 1.37 bits per heavy atom. The molecule has 0 fully saturated rings. The van der Waals surface area contributed by atoms with Crippen LogP contribution in [-0.2, 0) is 2.84 Å². The molecule has 0 aliphatic rings. The van der Waals surface area contributed by atoms with Gasteiger partial charge in [0, 0.05) is 0 Å². The van der Waals surface area contributed by atoms with E-state index >= 15 is 0 Å². The van der Waals surface area contributed by atoms with Crippen LogP contribution in [0.3, 0.4) is 0 Å². The molecule has 0 aliphatic heterocycles. The summed E-state index contributed by atoms with van der Waals surface area (Å²) in [5, 5.41) is 1.42. The van der Waals surface area contributed by atoms with Crippen LogP contribution in [0.4, 0.5) is 0 Å². The van der Waals surface area contributed by atoms with E-state index in [-0.39, 0.29) is 15.6 Å². The van der Waals surface area contributed by atoms with Crippen molar-refractivity contribution in [1.82, 2.24) is 0 Å². The van der Waals surface area contributed by atoms with Crippen molar-refractivity contribution < 1.29 is 2.84 Å². The van der Waals surface area contributed by atoms with Crippen LogP contribution in [0.5, 0.6) is 0 Å². The molecule has 0 amide bonds. The SMILES string of the molecule is CCCCCCCCCCCCCCC[CH2][AlH][O][AlH2]. The van der Waals surface area contributed by atoms with Crippen molar-refractivity contribution in [3.63, 3.8) is 0 Å². The highest BCUT2D eigenvalue weighted by Crippen LogP contribution is 2.13. The Hall–Kier alpha value is 1.02. The summed E-state index contributed by atoms with van der Waals surface area (Å²) in [7, 11) is 0. The molecule has 0 saturated carbocycles. The fourth-order valence-corrected chi connectivity index (χ4v) is 4.33. The summed E-state index contributed by atoms with van der Waals surface area (Å²) in [6.07, 6.45) is 20.5. The maximum Gasteiger partial charge on any atom is 0.404 e. The molecule has 0 spiro atoms. The number of hydrogen-bond donors (Lipinski definition) is 0. The van der Waals surface area contributed by atoms with E-state index in [1.807, 2.05) is 0 Å². The summed E-state index contributed by atoms with van der Waals surface area (Å²) < 4.78 is 5.33. The maximum atomic E-state index is 5.33. The first-order chi connectivity index (χ1) is 9.41. The van der Waals surface area contributed by atoms with Crippen LogP contribution >= 0.6 is 0 Å². The van der Waals surface area contributed by atoms with Gasteiger partial charge in [0.25, 0.3) is 0 Å². The Morgan fingerprint density at radius 1 is 0.632 bits per heavy atom. The summed E-state index contributed by atoms with van der Waals surface area (Å²) >= 11 is 0.894. The molecule has 0 aromatic carbocycles. The molecule has 0 heterocycles. The molecule has 1 nitrogen and oxygen atoms in total. The van der Waals surface area contributed by atoms with Gasteiger partial charge in [0.1, 0.15) is 0 Å². The van der Waals surface area contributed by atoms with Crippen molar-refractivity contribution in [3.05, 3.63) is 0 Å². The Morgan fingerprint density at radius 2 is 1.00 bits per heavy atom. The molecule has 19 heavy (non-hydrogen) atoms. The van der Waals surface area contributed by atoms with Gasteiger partial charge < -0.3 is 2.84 Å². The van der Waals surface area contributed by atoms with Crippen molar-refractivity contribution in [2.45, 2.75) is 102 Å². The molecular weight excluding hydrogens is 262 g/mol. The average molecular weight is 298 g/mol. The Balaban J connectivity index is 2.88. The topological polar surface area (TPSA) is 9.23 Å². The molecule has 0 atom stereocenters. The van der Waals surface area contributed by atoms with Crippen LogP contribution in [0.1, 0.15) is 96.8 Å². The van der Waals surface area contributed by atoms with Gasteiger partial charge in [-0.3, -0.25) is 0 Å². The molecular formula is C16H36Al2O. The van der Waals surface area contributed by atoms with Crippen LogP contribution in [-0.4, -0.2) is 32.2 Å². The lowest BCUT2D eigenvalue weighted by atomic mass is 10.0. The van der Waals surface area contributed by atoms with Crippen molar-refractivity contribution in [2.24, 2.45) is 0 Å². The van der Waals surface area contributed by atoms with Gasteiger partial charge in [-0.2, -0.15) is 0 Å². The molecule has 0 unspecified atom stereocenters. The third-order valence-corrected chi connectivity index (χ3v) is 6.37. The van der Waals surface area contributed by atoms with Crippen LogP contribution in [0.25, 0.3) is 0 Å². The first kappa shape index (κ1) is 20.0. The summed E-state index contributed by atoms with van der Waals surface area (Å²) in [6.45, 7) is 2.29. The lowest BCUT2D eigenvalue weighted by molar-refractivity contribution is 0.537. The van der Waals surface area contributed by atoms with Gasteiger partial charge in [0.15, 0.2) is 0 Å². The van der Waals surface area contributed by atoms with E-state index in [0.717, 1.165) is 16.6 Å². The highest BCUT2D eigenvalue weighted by atomic mass is 27.2. The first-order valence-corrected chi connectivity index (χ1v) is 11.3.